The van der Waals surface area contributed by atoms with Gasteiger partial charge in [0.2, 0.25) is 0 Å². The maximum Gasteiger partial charge on any atom is 0.308 e. The second-order valence-electron chi connectivity index (χ2n) is 6.66. The van der Waals surface area contributed by atoms with Gasteiger partial charge in [0, 0.05) is 11.2 Å². The zero-order valence-corrected chi connectivity index (χ0v) is 14.7. The van der Waals surface area contributed by atoms with Crippen LogP contribution >= 0.6 is 11.6 Å². The minimum absolute atomic E-state index is 0.316. The van der Waals surface area contributed by atoms with Crippen molar-refractivity contribution in [3.05, 3.63) is 47.2 Å². The Hall–Kier alpha value is -2.34. The summed E-state index contributed by atoms with van der Waals surface area (Å²) in [4.78, 5) is 24.1. The maximum absolute atomic E-state index is 12.6. The highest BCUT2D eigenvalue weighted by atomic mass is 35.5. The fourth-order valence-electron chi connectivity index (χ4n) is 3.41. The van der Waals surface area contributed by atoms with Crippen LogP contribution in [-0.2, 0) is 4.79 Å². The van der Waals surface area contributed by atoms with Gasteiger partial charge in [-0.3, -0.25) is 9.59 Å². The fourth-order valence-corrected chi connectivity index (χ4v) is 3.60. The molecule has 3 rings (SSSR count). The smallest absolute Gasteiger partial charge is 0.308 e. The molecule has 6 nitrogen and oxygen atoms in total. The molecule has 2 N–H and O–H groups in total. The first-order chi connectivity index (χ1) is 11.9. The molecule has 25 heavy (non-hydrogen) atoms. The minimum atomic E-state index is -0.864. The first kappa shape index (κ1) is 17.5. The predicted octanol–water partition coefficient (Wildman–Crippen LogP) is 3.29. The van der Waals surface area contributed by atoms with E-state index in [9.17, 15) is 14.7 Å². The van der Waals surface area contributed by atoms with E-state index in [1.165, 1.54) is 6.20 Å². The van der Waals surface area contributed by atoms with Crippen molar-refractivity contribution in [3.8, 4) is 5.69 Å². The molecule has 0 spiro atoms. The second-order valence-corrected chi connectivity index (χ2v) is 7.10. The third-order valence-corrected chi connectivity index (χ3v) is 5.06. The largest absolute Gasteiger partial charge is 0.481 e. The van der Waals surface area contributed by atoms with E-state index in [4.69, 9.17) is 11.6 Å². The molecule has 1 aromatic carbocycles. The Labute approximate surface area is 150 Å². The number of carboxylic acid groups (broad SMARTS) is 1. The molecule has 1 aliphatic carbocycles. The lowest BCUT2D eigenvalue weighted by atomic mass is 9.74. The molecule has 1 aromatic heterocycles. The molecule has 2 unspecified atom stereocenters. The van der Waals surface area contributed by atoms with E-state index in [1.807, 2.05) is 13.0 Å². The number of carbonyl (C=O) groups is 2. The lowest BCUT2D eigenvalue weighted by molar-refractivity contribution is -0.145. The monoisotopic (exact) mass is 361 g/mol. The van der Waals surface area contributed by atoms with E-state index in [2.05, 4.69) is 10.4 Å². The van der Waals surface area contributed by atoms with Crippen molar-refractivity contribution >= 4 is 23.5 Å². The third-order valence-electron chi connectivity index (χ3n) is 4.82. The number of hydrogen-bond acceptors (Lipinski definition) is 3. The van der Waals surface area contributed by atoms with Crippen LogP contribution in [0.2, 0.25) is 5.02 Å². The SMILES string of the molecule is CC1(NC(=O)c2cnn(-c3cccc(Cl)c3)c2)CCCCC1C(=O)O. The van der Waals surface area contributed by atoms with E-state index in [-0.39, 0.29) is 5.91 Å². The van der Waals surface area contributed by atoms with Gasteiger partial charge in [0.05, 0.1) is 28.9 Å². The molecule has 2 atom stereocenters. The van der Waals surface area contributed by atoms with Crippen LogP contribution in [0, 0.1) is 5.92 Å². The Bertz CT molecular complexity index is 804. The normalized spacial score (nSPS) is 23.2. The zero-order chi connectivity index (χ0) is 18.0. The second kappa shape index (κ2) is 6.88. The van der Waals surface area contributed by atoms with Gasteiger partial charge >= 0.3 is 5.97 Å². The van der Waals surface area contributed by atoms with Gasteiger partial charge in [0.1, 0.15) is 0 Å². The van der Waals surface area contributed by atoms with Gasteiger partial charge in [-0.15, -0.1) is 0 Å². The van der Waals surface area contributed by atoms with Crippen LogP contribution in [0.4, 0.5) is 0 Å². The first-order valence-electron chi connectivity index (χ1n) is 8.25. The standard InChI is InChI=1S/C18H20ClN3O3/c1-18(8-3-2-7-15(18)17(24)25)21-16(23)12-10-20-22(11-12)14-6-4-5-13(19)9-14/h4-6,9-11,15H,2-3,7-8H2,1H3,(H,21,23)(H,24,25). The van der Waals surface area contributed by atoms with Crippen LogP contribution in [0.25, 0.3) is 5.69 Å². The number of nitrogens with one attached hydrogen (secondary N) is 1. The van der Waals surface area contributed by atoms with Crippen molar-refractivity contribution in [2.45, 2.75) is 38.1 Å². The molecule has 1 saturated carbocycles. The van der Waals surface area contributed by atoms with Gasteiger partial charge in [0.25, 0.3) is 5.91 Å². The number of aliphatic carboxylic acids is 1. The molecule has 0 bridgehead atoms. The average molecular weight is 362 g/mol. The van der Waals surface area contributed by atoms with Crippen molar-refractivity contribution in [2.75, 3.05) is 0 Å². The molecule has 0 aliphatic heterocycles. The van der Waals surface area contributed by atoms with Gasteiger partial charge in [-0.2, -0.15) is 5.10 Å². The average Bonchev–Trinajstić information content (AvgIpc) is 3.05. The number of hydrogen-bond donors (Lipinski definition) is 2. The van der Waals surface area contributed by atoms with E-state index in [0.717, 1.165) is 18.5 Å². The summed E-state index contributed by atoms with van der Waals surface area (Å²) in [6.07, 6.45) is 6.09. The van der Waals surface area contributed by atoms with Crippen molar-refractivity contribution < 1.29 is 14.7 Å². The summed E-state index contributed by atoms with van der Waals surface area (Å²) in [6, 6.07) is 7.15. The highest BCUT2D eigenvalue weighted by Gasteiger charge is 2.42. The summed E-state index contributed by atoms with van der Waals surface area (Å²) in [6.45, 7) is 1.81. The van der Waals surface area contributed by atoms with Gasteiger partial charge in [0.15, 0.2) is 0 Å². The predicted molar refractivity (Wildman–Crippen MR) is 94.0 cm³/mol. The molecule has 1 aliphatic rings. The molecule has 1 heterocycles. The first-order valence-corrected chi connectivity index (χ1v) is 8.63. The summed E-state index contributed by atoms with van der Waals surface area (Å²) in [5.74, 6) is -1.76. The Morgan fingerprint density at radius 3 is 2.92 bits per heavy atom. The summed E-state index contributed by atoms with van der Waals surface area (Å²) >= 11 is 5.98. The van der Waals surface area contributed by atoms with Crippen LogP contribution in [0.15, 0.2) is 36.7 Å². The third kappa shape index (κ3) is 3.69. The van der Waals surface area contributed by atoms with Crippen molar-refractivity contribution in [1.82, 2.24) is 15.1 Å². The summed E-state index contributed by atoms with van der Waals surface area (Å²) in [5, 5.41) is 17.2. The van der Waals surface area contributed by atoms with Gasteiger partial charge in [-0.25, -0.2) is 4.68 Å². The highest BCUT2D eigenvalue weighted by molar-refractivity contribution is 6.30. The molecule has 0 radical (unpaired) electrons. The fraction of sp³-hybridized carbons (Fsp3) is 0.389. The number of aromatic nitrogens is 2. The Morgan fingerprint density at radius 2 is 2.20 bits per heavy atom. The Morgan fingerprint density at radius 1 is 1.40 bits per heavy atom. The lowest BCUT2D eigenvalue weighted by Gasteiger charge is -2.39. The molecular weight excluding hydrogens is 342 g/mol. The van der Waals surface area contributed by atoms with Crippen molar-refractivity contribution in [3.63, 3.8) is 0 Å². The molecular formula is C18H20ClN3O3. The van der Waals surface area contributed by atoms with Crippen molar-refractivity contribution in [2.24, 2.45) is 5.92 Å². The number of amides is 1. The number of rotatable bonds is 4. The van der Waals surface area contributed by atoms with Crippen LogP contribution in [0.3, 0.4) is 0 Å². The number of halogens is 1. The molecule has 132 valence electrons. The summed E-state index contributed by atoms with van der Waals surface area (Å²) in [7, 11) is 0. The van der Waals surface area contributed by atoms with Gasteiger partial charge in [-0.1, -0.05) is 30.5 Å². The maximum atomic E-state index is 12.6. The molecule has 1 amide bonds. The van der Waals surface area contributed by atoms with E-state index >= 15 is 0 Å². The quantitative estimate of drug-likeness (QED) is 0.875. The summed E-state index contributed by atoms with van der Waals surface area (Å²) in [5.41, 5.74) is 0.383. The Kier molecular flexibility index (Phi) is 4.81. The highest BCUT2D eigenvalue weighted by Crippen LogP contribution is 2.34. The van der Waals surface area contributed by atoms with Crippen LogP contribution in [-0.4, -0.2) is 32.3 Å². The number of benzene rings is 1. The molecule has 0 saturated heterocycles. The summed E-state index contributed by atoms with van der Waals surface area (Å²) < 4.78 is 1.57. The van der Waals surface area contributed by atoms with E-state index in [0.29, 0.717) is 23.4 Å². The Balaban J connectivity index is 1.78. The van der Waals surface area contributed by atoms with Crippen molar-refractivity contribution in [1.29, 1.82) is 0 Å². The van der Waals surface area contributed by atoms with Crippen LogP contribution in [0.5, 0.6) is 0 Å². The number of nitrogens with zero attached hydrogens (tertiary/aromatic N) is 2. The molecule has 7 heteroatoms. The van der Waals surface area contributed by atoms with Gasteiger partial charge in [-0.05, 0) is 38.0 Å². The lowest BCUT2D eigenvalue weighted by Crippen LogP contribution is -2.55. The van der Waals surface area contributed by atoms with Crippen LogP contribution < -0.4 is 5.32 Å². The minimum Gasteiger partial charge on any atom is -0.481 e. The van der Waals surface area contributed by atoms with E-state index in [1.54, 1.807) is 29.1 Å². The zero-order valence-electron chi connectivity index (χ0n) is 13.9. The topological polar surface area (TPSA) is 84.2 Å². The number of carboxylic acids is 1. The molecule has 2 aromatic rings. The molecule has 1 fully saturated rings. The van der Waals surface area contributed by atoms with Crippen LogP contribution in [0.1, 0.15) is 43.0 Å². The van der Waals surface area contributed by atoms with Gasteiger partial charge < -0.3 is 10.4 Å². The number of carbonyl (C=O) groups excluding carboxylic acids is 1. The van der Waals surface area contributed by atoms with E-state index < -0.39 is 17.4 Å².